The van der Waals surface area contributed by atoms with Crippen molar-refractivity contribution in [3.05, 3.63) is 0 Å². The Bertz CT molecular complexity index is 713. The maximum absolute atomic E-state index is 12.3. The molecule has 3 aliphatic rings. The van der Waals surface area contributed by atoms with Crippen LogP contribution in [-0.4, -0.2) is 88.8 Å². The van der Waals surface area contributed by atoms with Crippen molar-refractivity contribution in [3.8, 4) is 0 Å². The summed E-state index contributed by atoms with van der Waals surface area (Å²) in [6, 6.07) is -2.32. The van der Waals surface area contributed by atoms with E-state index in [1.165, 1.54) is 0 Å². The van der Waals surface area contributed by atoms with E-state index in [-0.39, 0.29) is 19.5 Å². The van der Waals surface area contributed by atoms with Crippen molar-refractivity contribution in [1.82, 2.24) is 20.3 Å². The minimum atomic E-state index is -4.85. The van der Waals surface area contributed by atoms with Gasteiger partial charge in [0.25, 0.3) is 5.91 Å². The van der Waals surface area contributed by atoms with Crippen LogP contribution >= 0.6 is 0 Å². The number of nitrogens with zero attached hydrogens (tertiary/aromatic N) is 3. The second kappa shape index (κ2) is 6.86. The summed E-state index contributed by atoms with van der Waals surface area (Å²) in [5.74, 6) is -0.598. The molecule has 0 saturated carbocycles. The summed E-state index contributed by atoms with van der Waals surface area (Å²) in [4.78, 5) is 42.9. The first kappa shape index (κ1) is 18.6. The van der Waals surface area contributed by atoms with Gasteiger partial charge in [-0.2, -0.15) is 13.5 Å². The molecule has 2 bridgehead atoms. The van der Waals surface area contributed by atoms with Crippen LogP contribution in [0.2, 0.25) is 0 Å². The Kier molecular flexibility index (Phi) is 4.92. The summed E-state index contributed by atoms with van der Waals surface area (Å²) in [6.45, 7) is 0.497. The molecule has 0 aromatic rings. The topological polar surface area (TPSA) is 166 Å². The number of urea groups is 1. The zero-order valence-electron chi connectivity index (χ0n) is 13.5. The number of hydrogen-bond acceptors (Lipinski definition) is 7. The number of hydrogen-bond donors (Lipinski definition) is 3. The average Bonchev–Trinajstić information content (AvgIpc) is 3.12. The molecule has 0 radical (unpaired) electrons. The molecule has 3 heterocycles. The van der Waals surface area contributed by atoms with Crippen LogP contribution < -0.4 is 5.48 Å². The number of rotatable bonds is 5. The zero-order chi connectivity index (χ0) is 19.1. The van der Waals surface area contributed by atoms with Crippen LogP contribution in [0.4, 0.5) is 9.59 Å². The molecule has 26 heavy (non-hydrogen) atoms. The van der Waals surface area contributed by atoms with E-state index in [9.17, 15) is 22.8 Å². The smallest absolute Gasteiger partial charge is 0.418 e. The third kappa shape index (κ3) is 3.82. The Morgan fingerprint density at radius 1 is 1.19 bits per heavy atom. The van der Waals surface area contributed by atoms with Crippen LogP contribution in [0.3, 0.4) is 0 Å². The fraction of sp³-hybridized carbons (Fsp3) is 0.750. The summed E-state index contributed by atoms with van der Waals surface area (Å²) >= 11 is 0. The molecule has 14 heteroatoms. The highest BCUT2D eigenvalue weighted by molar-refractivity contribution is 7.80. The van der Waals surface area contributed by atoms with Gasteiger partial charge in [0.05, 0.1) is 12.6 Å². The van der Waals surface area contributed by atoms with Gasteiger partial charge in [0.2, 0.25) is 0 Å². The number of hydroxylamine groups is 3. The van der Waals surface area contributed by atoms with Crippen LogP contribution in [0, 0.1) is 0 Å². The Balaban J connectivity index is 1.55. The van der Waals surface area contributed by atoms with Crippen LogP contribution in [0.15, 0.2) is 0 Å². The second-order valence-corrected chi connectivity index (χ2v) is 7.24. The van der Waals surface area contributed by atoms with Gasteiger partial charge >= 0.3 is 22.5 Å². The molecule has 3 fully saturated rings. The fourth-order valence-corrected chi connectivity index (χ4v) is 3.70. The third-order valence-corrected chi connectivity index (χ3v) is 4.89. The average molecular weight is 394 g/mol. The number of piperidine rings is 1. The SMILES string of the molecule is O=C(NO[C@H]1CCN(C(=O)O)C1)[C@@H]1CC[C@@H]2CN1C(=O)N2OS(=O)(=O)O. The molecule has 0 aromatic heterocycles. The number of likely N-dealkylation sites (tertiary alicyclic amines) is 1. The number of amides is 4. The Labute approximate surface area is 148 Å². The van der Waals surface area contributed by atoms with Crippen molar-refractivity contribution < 1.29 is 41.6 Å². The lowest BCUT2D eigenvalue weighted by molar-refractivity contribution is -0.143. The van der Waals surface area contributed by atoms with Crippen LogP contribution in [0.25, 0.3) is 0 Å². The van der Waals surface area contributed by atoms with Gasteiger partial charge in [0.15, 0.2) is 0 Å². The molecular weight excluding hydrogens is 376 g/mol. The van der Waals surface area contributed by atoms with Gasteiger partial charge in [0.1, 0.15) is 12.1 Å². The lowest BCUT2D eigenvalue weighted by atomic mass is 10.0. The maximum atomic E-state index is 12.3. The Morgan fingerprint density at radius 3 is 2.54 bits per heavy atom. The molecule has 0 aromatic carbocycles. The standard InChI is InChI=1S/C12H18N4O9S/c17-10(13-24-8-3-4-14(6-8)12(19)20)9-2-1-7-5-15(9)11(18)16(7)25-26(21,22)23/h7-9H,1-6H2,(H,13,17)(H,19,20)(H,21,22,23)/t7-,8+,9+/m1/s1. The summed E-state index contributed by atoms with van der Waals surface area (Å²) in [7, 11) is -4.85. The minimum Gasteiger partial charge on any atom is -0.465 e. The van der Waals surface area contributed by atoms with Crippen molar-refractivity contribution in [2.75, 3.05) is 19.6 Å². The van der Waals surface area contributed by atoms with Crippen molar-refractivity contribution in [3.63, 3.8) is 0 Å². The van der Waals surface area contributed by atoms with E-state index in [0.29, 0.717) is 24.4 Å². The number of nitrogens with one attached hydrogen (secondary N) is 1. The first-order valence-corrected chi connectivity index (χ1v) is 9.22. The van der Waals surface area contributed by atoms with Gasteiger partial charge in [-0.25, -0.2) is 15.1 Å². The monoisotopic (exact) mass is 394 g/mol. The van der Waals surface area contributed by atoms with Gasteiger partial charge in [-0.1, -0.05) is 0 Å². The van der Waals surface area contributed by atoms with E-state index in [1.54, 1.807) is 0 Å². The quantitative estimate of drug-likeness (QED) is 0.383. The summed E-state index contributed by atoms with van der Waals surface area (Å²) < 4.78 is 34.7. The highest BCUT2D eigenvalue weighted by atomic mass is 32.3. The molecule has 13 nitrogen and oxygen atoms in total. The highest BCUT2D eigenvalue weighted by Crippen LogP contribution is 2.30. The lowest BCUT2D eigenvalue weighted by Crippen LogP contribution is -2.50. The predicted molar refractivity (Wildman–Crippen MR) is 80.6 cm³/mol. The molecule has 3 atom stereocenters. The summed E-state index contributed by atoms with van der Waals surface area (Å²) in [5, 5.41) is 9.43. The fourth-order valence-electron chi connectivity index (χ4n) is 3.31. The molecule has 3 saturated heterocycles. The third-order valence-electron chi connectivity index (χ3n) is 4.54. The molecule has 3 aliphatic heterocycles. The maximum Gasteiger partial charge on any atom is 0.418 e. The van der Waals surface area contributed by atoms with E-state index in [1.807, 2.05) is 0 Å². The number of carboxylic acid groups (broad SMARTS) is 1. The van der Waals surface area contributed by atoms with Crippen molar-refractivity contribution in [1.29, 1.82) is 0 Å². The van der Waals surface area contributed by atoms with Gasteiger partial charge in [-0.15, -0.1) is 4.28 Å². The largest absolute Gasteiger partial charge is 0.465 e. The number of carbonyl (C=O) groups is 3. The predicted octanol–water partition coefficient (Wildman–Crippen LogP) is -1.21. The van der Waals surface area contributed by atoms with E-state index in [0.717, 1.165) is 9.80 Å². The van der Waals surface area contributed by atoms with Gasteiger partial charge < -0.3 is 14.9 Å². The van der Waals surface area contributed by atoms with Gasteiger partial charge in [-0.3, -0.25) is 14.2 Å². The van der Waals surface area contributed by atoms with E-state index in [4.69, 9.17) is 14.5 Å². The van der Waals surface area contributed by atoms with Gasteiger partial charge in [0, 0.05) is 13.1 Å². The van der Waals surface area contributed by atoms with Crippen LogP contribution in [0.1, 0.15) is 19.3 Å². The molecule has 146 valence electrons. The molecule has 4 amide bonds. The zero-order valence-corrected chi connectivity index (χ0v) is 14.3. The van der Waals surface area contributed by atoms with Crippen molar-refractivity contribution >= 4 is 28.4 Å². The molecule has 3 N–H and O–H groups in total. The molecule has 0 unspecified atom stereocenters. The van der Waals surface area contributed by atoms with E-state index < -0.39 is 46.6 Å². The lowest BCUT2D eigenvalue weighted by Gasteiger charge is -2.29. The van der Waals surface area contributed by atoms with E-state index in [2.05, 4.69) is 9.76 Å². The summed E-state index contributed by atoms with van der Waals surface area (Å²) in [5.41, 5.74) is 2.24. The normalized spacial score (nSPS) is 28.6. The van der Waals surface area contributed by atoms with Gasteiger partial charge in [-0.05, 0) is 19.3 Å². The first-order valence-electron chi connectivity index (χ1n) is 7.86. The van der Waals surface area contributed by atoms with Crippen molar-refractivity contribution in [2.24, 2.45) is 0 Å². The Hall–Kier alpha value is -2.16. The van der Waals surface area contributed by atoms with Crippen LogP contribution in [-0.2, 0) is 24.3 Å². The van der Waals surface area contributed by atoms with Crippen LogP contribution in [0.5, 0.6) is 0 Å². The minimum absolute atomic E-state index is 0.0721. The molecular formula is C12H18N4O9S. The summed E-state index contributed by atoms with van der Waals surface area (Å²) in [6.07, 6.45) is -0.574. The number of fused-ring (bicyclic) bond motifs is 2. The Morgan fingerprint density at radius 2 is 1.92 bits per heavy atom. The molecule has 0 aliphatic carbocycles. The second-order valence-electron chi connectivity index (χ2n) is 6.23. The van der Waals surface area contributed by atoms with Crippen molar-refractivity contribution in [2.45, 2.75) is 37.5 Å². The highest BCUT2D eigenvalue weighted by Gasteiger charge is 2.49. The first-order chi connectivity index (χ1) is 12.2. The molecule has 3 rings (SSSR count). The number of carbonyl (C=O) groups excluding carboxylic acids is 2. The van der Waals surface area contributed by atoms with E-state index >= 15 is 0 Å². The molecule has 0 spiro atoms.